The molecule has 0 bridgehead atoms. The molecule has 5 nitrogen and oxygen atoms in total. The Kier molecular flexibility index (Phi) is 4.60. The van der Waals surface area contributed by atoms with E-state index < -0.39 is 0 Å². The van der Waals surface area contributed by atoms with Crippen LogP contribution in [0.15, 0.2) is 18.5 Å². The van der Waals surface area contributed by atoms with Gasteiger partial charge < -0.3 is 16.0 Å². The molecule has 0 aromatic carbocycles. The summed E-state index contributed by atoms with van der Waals surface area (Å²) in [6.45, 7) is 4.83. The number of aromatic nitrogens is 1. The molecule has 0 unspecified atom stereocenters. The minimum atomic E-state index is -0.170. The SMILES string of the molecule is CCCNc1cncc(N2CCC(C(N)=O)CC2)c1. The fourth-order valence-corrected chi connectivity index (χ4v) is 2.39. The average Bonchev–Trinajstić information content (AvgIpc) is 2.45. The highest BCUT2D eigenvalue weighted by Crippen LogP contribution is 2.24. The van der Waals surface area contributed by atoms with Crippen molar-refractivity contribution >= 4 is 17.3 Å². The maximum Gasteiger partial charge on any atom is 0.220 e. The molecule has 1 aromatic rings. The minimum Gasteiger partial charge on any atom is -0.384 e. The highest BCUT2D eigenvalue weighted by Gasteiger charge is 2.23. The van der Waals surface area contributed by atoms with Crippen LogP contribution in [0.4, 0.5) is 11.4 Å². The van der Waals surface area contributed by atoms with E-state index in [0.29, 0.717) is 0 Å². The number of carbonyl (C=O) groups excluding carboxylic acids is 1. The zero-order chi connectivity index (χ0) is 13.7. The Bertz CT molecular complexity index is 427. The first-order valence-corrected chi connectivity index (χ1v) is 6.94. The van der Waals surface area contributed by atoms with E-state index in [2.05, 4.69) is 28.2 Å². The average molecular weight is 262 g/mol. The Morgan fingerprint density at radius 2 is 2.21 bits per heavy atom. The van der Waals surface area contributed by atoms with E-state index in [4.69, 9.17) is 5.73 Å². The van der Waals surface area contributed by atoms with Gasteiger partial charge in [0.25, 0.3) is 0 Å². The normalized spacial score (nSPS) is 16.4. The summed E-state index contributed by atoms with van der Waals surface area (Å²) in [6, 6.07) is 2.12. The Morgan fingerprint density at radius 1 is 1.47 bits per heavy atom. The van der Waals surface area contributed by atoms with E-state index in [9.17, 15) is 4.79 Å². The molecular weight excluding hydrogens is 240 g/mol. The minimum absolute atomic E-state index is 0.0330. The molecule has 0 saturated carbocycles. The first-order valence-electron chi connectivity index (χ1n) is 6.94. The zero-order valence-electron chi connectivity index (χ0n) is 11.4. The van der Waals surface area contributed by atoms with Gasteiger partial charge in [0.15, 0.2) is 0 Å². The third-order valence-electron chi connectivity index (χ3n) is 3.57. The number of hydrogen-bond acceptors (Lipinski definition) is 4. The smallest absolute Gasteiger partial charge is 0.220 e. The van der Waals surface area contributed by atoms with E-state index >= 15 is 0 Å². The topological polar surface area (TPSA) is 71.2 Å². The summed E-state index contributed by atoms with van der Waals surface area (Å²) in [5.74, 6) is -0.137. The third kappa shape index (κ3) is 3.59. The van der Waals surface area contributed by atoms with Crippen molar-refractivity contribution in [2.45, 2.75) is 26.2 Å². The van der Waals surface area contributed by atoms with Crippen LogP contribution in [0, 0.1) is 5.92 Å². The van der Waals surface area contributed by atoms with E-state index in [0.717, 1.165) is 50.3 Å². The number of carbonyl (C=O) groups is 1. The number of nitrogens with zero attached hydrogens (tertiary/aromatic N) is 2. The maximum absolute atomic E-state index is 11.2. The lowest BCUT2D eigenvalue weighted by Gasteiger charge is -2.32. The molecule has 19 heavy (non-hydrogen) atoms. The van der Waals surface area contributed by atoms with Gasteiger partial charge >= 0.3 is 0 Å². The van der Waals surface area contributed by atoms with Crippen molar-refractivity contribution in [1.82, 2.24) is 4.98 Å². The van der Waals surface area contributed by atoms with Crippen LogP contribution in [-0.2, 0) is 4.79 Å². The van der Waals surface area contributed by atoms with E-state index in [1.165, 1.54) is 0 Å². The summed E-state index contributed by atoms with van der Waals surface area (Å²) in [6.07, 6.45) is 6.48. The van der Waals surface area contributed by atoms with Gasteiger partial charge in [0.2, 0.25) is 5.91 Å². The first-order chi connectivity index (χ1) is 9.20. The maximum atomic E-state index is 11.2. The van der Waals surface area contributed by atoms with Crippen LogP contribution in [0.1, 0.15) is 26.2 Å². The fraction of sp³-hybridized carbons (Fsp3) is 0.571. The van der Waals surface area contributed by atoms with Crippen molar-refractivity contribution in [1.29, 1.82) is 0 Å². The van der Waals surface area contributed by atoms with Crippen molar-refractivity contribution in [3.63, 3.8) is 0 Å². The van der Waals surface area contributed by atoms with Crippen molar-refractivity contribution in [2.24, 2.45) is 11.7 Å². The van der Waals surface area contributed by atoms with Gasteiger partial charge in [-0.15, -0.1) is 0 Å². The van der Waals surface area contributed by atoms with Crippen LogP contribution in [0.2, 0.25) is 0 Å². The predicted octanol–water partition coefficient (Wildman–Crippen LogP) is 1.61. The second-order valence-electron chi connectivity index (χ2n) is 5.02. The highest BCUT2D eigenvalue weighted by molar-refractivity contribution is 5.77. The van der Waals surface area contributed by atoms with Gasteiger partial charge in [-0.25, -0.2) is 0 Å². The first kappa shape index (κ1) is 13.6. The third-order valence-corrected chi connectivity index (χ3v) is 3.57. The van der Waals surface area contributed by atoms with Crippen LogP contribution >= 0.6 is 0 Å². The number of nitrogens with one attached hydrogen (secondary N) is 1. The van der Waals surface area contributed by atoms with Gasteiger partial charge in [-0.1, -0.05) is 6.92 Å². The molecule has 1 aliphatic rings. The van der Waals surface area contributed by atoms with Gasteiger partial charge in [-0.2, -0.15) is 0 Å². The Labute approximate surface area is 114 Å². The Hall–Kier alpha value is -1.78. The number of pyridine rings is 1. The lowest BCUT2D eigenvalue weighted by Crippen LogP contribution is -2.38. The molecule has 104 valence electrons. The van der Waals surface area contributed by atoms with Crippen molar-refractivity contribution in [2.75, 3.05) is 29.9 Å². The lowest BCUT2D eigenvalue weighted by atomic mass is 9.96. The van der Waals surface area contributed by atoms with Gasteiger partial charge in [0.1, 0.15) is 0 Å². The molecule has 5 heteroatoms. The second-order valence-corrected chi connectivity index (χ2v) is 5.02. The van der Waals surface area contributed by atoms with Crippen LogP contribution in [0.25, 0.3) is 0 Å². The van der Waals surface area contributed by atoms with Crippen molar-refractivity contribution in [3.8, 4) is 0 Å². The van der Waals surface area contributed by atoms with Gasteiger partial charge in [-0.3, -0.25) is 9.78 Å². The Morgan fingerprint density at radius 3 is 2.84 bits per heavy atom. The molecule has 1 saturated heterocycles. The number of hydrogen-bond donors (Lipinski definition) is 2. The standard InChI is InChI=1S/C14H22N4O/c1-2-5-17-12-8-13(10-16-9-12)18-6-3-11(4-7-18)14(15)19/h8-11,17H,2-7H2,1H3,(H2,15,19). The lowest BCUT2D eigenvalue weighted by molar-refractivity contribution is -0.122. The van der Waals surface area contributed by atoms with Crippen LogP contribution in [-0.4, -0.2) is 30.5 Å². The van der Waals surface area contributed by atoms with Gasteiger partial charge in [0.05, 0.1) is 23.8 Å². The number of primary amides is 1. The van der Waals surface area contributed by atoms with Crippen LogP contribution < -0.4 is 16.0 Å². The van der Waals surface area contributed by atoms with E-state index in [-0.39, 0.29) is 11.8 Å². The summed E-state index contributed by atoms with van der Waals surface area (Å²) in [5.41, 5.74) is 7.52. The number of nitrogens with two attached hydrogens (primary N) is 1. The predicted molar refractivity (Wildman–Crippen MR) is 77.1 cm³/mol. The molecule has 1 aliphatic heterocycles. The number of rotatable bonds is 5. The summed E-state index contributed by atoms with van der Waals surface area (Å²) in [4.78, 5) is 17.7. The molecule has 0 atom stereocenters. The van der Waals surface area contributed by atoms with Crippen LogP contribution in [0.5, 0.6) is 0 Å². The number of amides is 1. The molecular formula is C14H22N4O. The highest BCUT2D eigenvalue weighted by atomic mass is 16.1. The van der Waals surface area contributed by atoms with E-state index in [1.807, 2.05) is 12.4 Å². The fourth-order valence-electron chi connectivity index (χ4n) is 2.39. The molecule has 2 rings (SSSR count). The van der Waals surface area contributed by atoms with Crippen molar-refractivity contribution < 1.29 is 4.79 Å². The molecule has 0 spiro atoms. The van der Waals surface area contributed by atoms with Gasteiger partial charge in [0, 0.05) is 25.6 Å². The summed E-state index contributed by atoms with van der Waals surface area (Å²) in [5, 5.41) is 3.34. The molecule has 2 heterocycles. The van der Waals surface area contributed by atoms with Crippen molar-refractivity contribution in [3.05, 3.63) is 18.5 Å². The zero-order valence-corrected chi connectivity index (χ0v) is 11.4. The monoisotopic (exact) mass is 262 g/mol. The van der Waals surface area contributed by atoms with Crippen LogP contribution in [0.3, 0.4) is 0 Å². The number of anilines is 2. The molecule has 0 aliphatic carbocycles. The molecule has 1 fully saturated rings. The van der Waals surface area contributed by atoms with E-state index in [1.54, 1.807) is 0 Å². The molecule has 0 radical (unpaired) electrons. The number of piperidine rings is 1. The molecule has 3 N–H and O–H groups in total. The summed E-state index contributed by atoms with van der Waals surface area (Å²) < 4.78 is 0. The summed E-state index contributed by atoms with van der Waals surface area (Å²) in [7, 11) is 0. The second kappa shape index (κ2) is 6.41. The quantitative estimate of drug-likeness (QED) is 0.845. The Balaban J connectivity index is 1.97. The van der Waals surface area contributed by atoms with Gasteiger partial charge in [-0.05, 0) is 25.3 Å². The molecule has 1 aromatic heterocycles. The molecule has 1 amide bonds. The summed E-state index contributed by atoms with van der Waals surface area (Å²) >= 11 is 0. The largest absolute Gasteiger partial charge is 0.384 e.